The Balaban J connectivity index is 1.52. The number of ether oxygens (including phenoxy) is 1. The quantitative estimate of drug-likeness (QED) is 0.497. The molecule has 1 amide bonds. The summed E-state index contributed by atoms with van der Waals surface area (Å²) in [4.78, 5) is 12.1. The molecule has 3 rings (SSSR count). The minimum atomic E-state index is -0.183. The number of carbonyl (C=O) groups is 1. The fraction of sp³-hybridized carbons (Fsp3) is 0.174. The zero-order valence-electron chi connectivity index (χ0n) is 16.0. The van der Waals surface area contributed by atoms with E-state index in [0.29, 0.717) is 12.3 Å². The van der Waals surface area contributed by atoms with Crippen molar-refractivity contribution in [3.8, 4) is 5.75 Å². The Hall–Kier alpha value is -2.79. The standard InChI is InChI=1S/C23H23BrN2O2/c1-16-6-9-20(10-7-16)26-23(27)15-28-21-5-3-4-18(13-21)14-25-22-11-8-19(24)12-17(22)2/h3-13,25H,14-15H2,1-2H3,(H,26,27). The molecule has 0 fully saturated rings. The molecule has 5 heteroatoms. The average Bonchev–Trinajstić information content (AvgIpc) is 2.68. The summed E-state index contributed by atoms with van der Waals surface area (Å²) in [7, 11) is 0. The third-order valence-corrected chi connectivity index (χ3v) is 4.77. The van der Waals surface area contributed by atoms with E-state index in [1.807, 2.05) is 61.5 Å². The van der Waals surface area contributed by atoms with Gasteiger partial charge >= 0.3 is 0 Å². The Kier molecular flexibility index (Phi) is 6.71. The number of amides is 1. The van der Waals surface area contributed by atoms with E-state index in [1.165, 1.54) is 5.56 Å². The molecule has 0 bridgehead atoms. The number of carbonyl (C=O) groups excluding carboxylic acids is 1. The van der Waals surface area contributed by atoms with Crippen molar-refractivity contribution in [1.29, 1.82) is 0 Å². The van der Waals surface area contributed by atoms with Crippen LogP contribution in [0.15, 0.2) is 71.2 Å². The third-order valence-electron chi connectivity index (χ3n) is 4.28. The summed E-state index contributed by atoms with van der Waals surface area (Å²) in [6, 6.07) is 21.6. The van der Waals surface area contributed by atoms with Crippen LogP contribution < -0.4 is 15.4 Å². The van der Waals surface area contributed by atoms with Crippen molar-refractivity contribution in [2.75, 3.05) is 17.2 Å². The summed E-state index contributed by atoms with van der Waals surface area (Å²) in [5.41, 5.74) is 5.26. The van der Waals surface area contributed by atoms with Crippen molar-refractivity contribution in [3.05, 3.63) is 87.9 Å². The van der Waals surface area contributed by atoms with Gasteiger partial charge in [0.25, 0.3) is 5.91 Å². The molecule has 0 spiro atoms. The highest BCUT2D eigenvalue weighted by atomic mass is 79.9. The van der Waals surface area contributed by atoms with E-state index >= 15 is 0 Å². The van der Waals surface area contributed by atoms with Crippen molar-refractivity contribution < 1.29 is 9.53 Å². The molecular formula is C23H23BrN2O2. The van der Waals surface area contributed by atoms with Crippen LogP contribution in [0.1, 0.15) is 16.7 Å². The molecule has 0 saturated carbocycles. The molecular weight excluding hydrogens is 416 g/mol. The van der Waals surface area contributed by atoms with Gasteiger partial charge in [-0.05, 0) is 67.4 Å². The summed E-state index contributed by atoms with van der Waals surface area (Å²) < 4.78 is 6.71. The van der Waals surface area contributed by atoms with Crippen LogP contribution in [0.3, 0.4) is 0 Å². The molecule has 0 unspecified atom stereocenters. The minimum Gasteiger partial charge on any atom is -0.484 e. The maximum atomic E-state index is 12.1. The lowest BCUT2D eigenvalue weighted by molar-refractivity contribution is -0.118. The molecule has 144 valence electrons. The molecule has 0 aliphatic carbocycles. The van der Waals surface area contributed by atoms with Gasteiger partial charge in [0.15, 0.2) is 6.61 Å². The number of benzene rings is 3. The highest BCUT2D eigenvalue weighted by Gasteiger charge is 2.05. The van der Waals surface area contributed by atoms with E-state index in [-0.39, 0.29) is 12.5 Å². The highest BCUT2D eigenvalue weighted by molar-refractivity contribution is 9.10. The first-order chi connectivity index (χ1) is 13.5. The van der Waals surface area contributed by atoms with Crippen molar-refractivity contribution >= 4 is 33.2 Å². The zero-order chi connectivity index (χ0) is 19.9. The predicted octanol–water partition coefficient (Wildman–Crippen LogP) is 5.70. The van der Waals surface area contributed by atoms with Crippen LogP contribution in [0.2, 0.25) is 0 Å². The number of nitrogens with one attached hydrogen (secondary N) is 2. The average molecular weight is 439 g/mol. The molecule has 0 atom stereocenters. The van der Waals surface area contributed by atoms with Gasteiger partial charge in [0.05, 0.1) is 0 Å². The van der Waals surface area contributed by atoms with Crippen molar-refractivity contribution in [2.24, 2.45) is 0 Å². The Labute approximate surface area is 174 Å². The summed E-state index contributed by atoms with van der Waals surface area (Å²) in [6.07, 6.45) is 0. The summed E-state index contributed by atoms with van der Waals surface area (Å²) in [5, 5.41) is 6.26. The Morgan fingerprint density at radius 1 is 1.00 bits per heavy atom. The van der Waals surface area contributed by atoms with Gasteiger partial charge in [-0.3, -0.25) is 4.79 Å². The molecule has 28 heavy (non-hydrogen) atoms. The lowest BCUT2D eigenvalue weighted by Gasteiger charge is -2.12. The van der Waals surface area contributed by atoms with E-state index in [0.717, 1.165) is 27.0 Å². The molecule has 0 aliphatic rings. The number of hydrogen-bond donors (Lipinski definition) is 2. The van der Waals surface area contributed by atoms with Crippen molar-refractivity contribution in [3.63, 3.8) is 0 Å². The van der Waals surface area contributed by atoms with E-state index in [4.69, 9.17) is 4.74 Å². The molecule has 2 N–H and O–H groups in total. The number of anilines is 2. The van der Waals surface area contributed by atoms with E-state index < -0.39 is 0 Å². The predicted molar refractivity (Wildman–Crippen MR) is 118 cm³/mol. The monoisotopic (exact) mass is 438 g/mol. The first-order valence-corrected chi connectivity index (χ1v) is 9.87. The van der Waals surface area contributed by atoms with Crippen LogP contribution >= 0.6 is 15.9 Å². The van der Waals surface area contributed by atoms with Gasteiger partial charge in [-0.2, -0.15) is 0 Å². The Morgan fingerprint density at radius 2 is 1.79 bits per heavy atom. The molecule has 4 nitrogen and oxygen atoms in total. The van der Waals surface area contributed by atoms with Gasteiger partial charge < -0.3 is 15.4 Å². The van der Waals surface area contributed by atoms with Crippen LogP contribution in [0.4, 0.5) is 11.4 Å². The van der Waals surface area contributed by atoms with Crippen LogP contribution in [0, 0.1) is 13.8 Å². The van der Waals surface area contributed by atoms with Gasteiger partial charge in [-0.15, -0.1) is 0 Å². The normalized spacial score (nSPS) is 10.4. The minimum absolute atomic E-state index is 0.0312. The molecule has 0 heterocycles. The molecule has 0 aliphatic heterocycles. The maximum absolute atomic E-state index is 12.1. The lowest BCUT2D eigenvalue weighted by Crippen LogP contribution is -2.20. The second-order valence-corrected chi connectivity index (χ2v) is 7.58. The Bertz CT molecular complexity index is 955. The van der Waals surface area contributed by atoms with Crippen LogP contribution in [-0.4, -0.2) is 12.5 Å². The van der Waals surface area contributed by atoms with Crippen LogP contribution in [0.25, 0.3) is 0 Å². The van der Waals surface area contributed by atoms with Crippen LogP contribution in [0.5, 0.6) is 5.75 Å². The summed E-state index contributed by atoms with van der Waals surface area (Å²) in [6.45, 7) is 4.72. The smallest absolute Gasteiger partial charge is 0.262 e. The number of aryl methyl sites for hydroxylation is 2. The van der Waals surface area contributed by atoms with E-state index in [9.17, 15) is 4.79 Å². The molecule has 0 saturated heterocycles. The molecule has 3 aromatic rings. The molecule has 3 aromatic carbocycles. The second-order valence-electron chi connectivity index (χ2n) is 6.66. The maximum Gasteiger partial charge on any atom is 0.262 e. The van der Waals surface area contributed by atoms with Gasteiger partial charge in [-0.1, -0.05) is 45.8 Å². The number of halogens is 1. The van der Waals surface area contributed by atoms with Gasteiger partial charge in [0, 0.05) is 22.4 Å². The first kappa shape index (κ1) is 20.0. The summed E-state index contributed by atoms with van der Waals surface area (Å²) >= 11 is 3.48. The van der Waals surface area contributed by atoms with E-state index in [2.05, 4.69) is 45.6 Å². The second kappa shape index (κ2) is 9.42. The van der Waals surface area contributed by atoms with E-state index in [1.54, 1.807) is 0 Å². The third kappa shape index (κ3) is 5.86. The fourth-order valence-electron chi connectivity index (χ4n) is 2.75. The van der Waals surface area contributed by atoms with Gasteiger partial charge in [0.2, 0.25) is 0 Å². The zero-order valence-corrected chi connectivity index (χ0v) is 17.5. The Morgan fingerprint density at radius 3 is 2.54 bits per heavy atom. The first-order valence-electron chi connectivity index (χ1n) is 9.08. The fourth-order valence-corrected chi connectivity index (χ4v) is 3.23. The van der Waals surface area contributed by atoms with Gasteiger partial charge in [-0.25, -0.2) is 0 Å². The van der Waals surface area contributed by atoms with Gasteiger partial charge in [0.1, 0.15) is 5.75 Å². The van der Waals surface area contributed by atoms with Crippen molar-refractivity contribution in [1.82, 2.24) is 0 Å². The SMILES string of the molecule is Cc1ccc(NC(=O)COc2cccc(CNc3ccc(Br)cc3C)c2)cc1. The highest BCUT2D eigenvalue weighted by Crippen LogP contribution is 2.21. The molecule has 0 radical (unpaired) electrons. The lowest BCUT2D eigenvalue weighted by atomic mass is 10.1. The number of rotatable bonds is 7. The molecule has 0 aromatic heterocycles. The van der Waals surface area contributed by atoms with Crippen molar-refractivity contribution in [2.45, 2.75) is 20.4 Å². The summed E-state index contributed by atoms with van der Waals surface area (Å²) in [5.74, 6) is 0.490. The largest absolute Gasteiger partial charge is 0.484 e. The number of hydrogen-bond acceptors (Lipinski definition) is 3. The topological polar surface area (TPSA) is 50.4 Å². The van der Waals surface area contributed by atoms with Crippen LogP contribution in [-0.2, 0) is 11.3 Å².